The lowest BCUT2D eigenvalue weighted by Gasteiger charge is -2.05. The number of ether oxygens (including phenoxy) is 1. The van der Waals surface area contributed by atoms with E-state index in [0.29, 0.717) is 0 Å². The van der Waals surface area contributed by atoms with Crippen LogP contribution in [0.5, 0.6) is 0 Å². The normalized spacial score (nSPS) is 10.9. The number of methoxy groups -OCH3 is 1. The summed E-state index contributed by atoms with van der Waals surface area (Å²) in [4.78, 5) is 21.6. The van der Waals surface area contributed by atoms with Crippen LogP contribution in [-0.4, -0.2) is 33.9 Å². The van der Waals surface area contributed by atoms with Crippen LogP contribution in [0.15, 0.2) is 29.2 Å². The van der Waals surface area contributed by atoms with Crippen LogP contribution in [0, 0.1) is 0 Å². The lowest BCUT2D eigenvalue weighted by atomic mass is 10.2. The van der Waals surface area contributed by atoms with Crippen molar-refractivity contribution in [3.63, 3.8) is 0 Å². The summed E-state index contributed by atoms with van der Waals surface area (Å²) in [7, 11) is -2.58. The average Bonchev–Trinajstić information content (AvgIpc) is 2.36. The molecule has 0 radical (unpaired) electrons. The second-order valence-electron chi connectivity index (χ2n) is 3.31. The number of rotatable bonds is 5. The molecule has 3 N–H and O–H groups in total. The van der Waals surface area contributed by atoms with E-state index in [4.69, 9.17) is 5.73 Å². The molecule has 0 bridgehead atoms. The van der Waals surface area contributed by atoms with Crippen molar-refractivity contribution in [1.29, 1.82) is 0 Å². The molecule has 1 rings (SSSR count). The Morgan fingerprint density at radius 2 is 1.83 bits per heavy atom. The SMILES string of the molecule is COC(=O)c1ccc(S(=O)(=O)NCC(N)=O)cc1. The molecule has 1 amide bonds. The Balaban J connectivity index is 2.91. The molecule has 0 saturated heterocycles. The van der Waals surface area contributed by atoms with Crippen molar-refractivity contribution in [3.8, 4) is 0 Å². The number of amides is 1. The van der Waals surface area contributed by atoms with E-state index < -0.39 is 28.4 Å². The smallest absolute Gasteiger partial charge is 0.337 e. The minimum Gasteiger partial charge on any atom is -0.465 e. The van der Waals surface area contributed by atoms with Gasteiger partial charge in [-0.3, -0.25) is 4.79 Å². The van der Waals surface area contributed by atoms with Gasteiger partial charge in [-0.25, -0.2) is 17.9 Å². The summed E-state index contributed by atoms with van der Waals surface area (Å²) < 4.78 is 29.8. The van der Waals surface area contributed by atoms with E-state index in [1.165, 1.54) is 31.4 Å². The lowest BCUT2D eigenvalue weighted by Crippen LogP contribution is -2.33. The van der Waals surface area contributed by atoms with E-state index in [-0.39, 0.29) is 10.5 Å². The number of primary amides is 1. The van der Waals surface area contributed by atoms with Gasteiger partial charge in [0.05, 0.1) is 24.1 Å². The summed E-state index contributed by atoms with van der Waals surface area (Å²) >= 11 is 0. The lowest BCUT2D eigenvalue weighted by molar-refractivity contribution is -0.116. The minimum absolute atomic E-state index is 0.0728. The molecule has 98 valence electrons. The van der Waals surface area contributed by atoms with Crippen molar-refractivity contribution >= 4 is 21.9 Å². The highest BCUT2D eigenvalue weighted by Gasteiger charge is 2.15. The molecular weight excluding hydrogens is 260 g/mol. The predicted octanol–water partition coefficient (Wildman–Crippen LogP) is -0.763. The molecule has 1 aromatic rings. The van der Waals surface area contributed by atoms with Crippen molar-refractivity contribution in [2.75, 3.05) is 13.7 Å². The third-order valence-electron chi connectivity index (χ3n) is 2.02. The fraction of sp³-hybridized carbons (Fsp3) is 0.200. The molecule has 0 aliphatic heterocycles. The van der Waals surface area contributed by atoms with Crippen LogP contribution < -0.4 is 10.5 Å². The largest absolute Gasteiger partial charge is 0.465 e. The molecule has 0 aliphatic carbocycles. The van der Waals surface area contributed by atoms with Gasteiger partial charge >= 0.3 is 5.97 Å². The molecule has 8 heteroatoms. The van der Waals surface area contributed by atoms with Gasteiger partial charge in [-0.15, -0.1) is 0 Å². The first-order valence-corrected chi connectivity index (χ1v) is 6.31. The summed E-state index contributed by atoms with van der Waals surface area (Å²) in [6, 6.07) is 5.08. The van der Waals surface area contributed by atoms with Gasteiger partial charge in [-0.2, -0.15) is 0 Å². The number of hydrogen-bond donors (Lipinski definition) is 2. The molecule has 0 unspecified atom stereocenters. The zero-order chi connectivity index (χ0) is 13.8. The number of nitrogens with two attached hydrogens (primary N) is 1. The Labute approximate surface area is 104 Å². The first-order chi connectivity index (χ1) is 8.36. The highest BCUT2D eigenvalue weighted by atomic mass is 32.2. The molecule has 18 heavy (non-hydrogen) atoms. The number of esters is 1. The number of nitrogens with one attached hydrogen (secondary N) is 1. The van der Waals surface area contributed by atoms with Gasteiger partial charge in [0, 0.05) is 0 Å². The fourth-order valence-corrected chi connectivity index (χ4v) is 2.13. The van der Waals surface area contributed by atoms with Crippen molar-refractivity contribution < 1.29 is 22.7 Å². The quantitative estimate of drug-likeness (QED) is 0.683. The molecule has 0 aromatic heterocycles. The maximum Gasteiger partial charge on any atom is 0.337 e. The van der Waals surface area contributed by atoms with E-state index in [0.717, 1.165) is 0 Å². The maximum absolute atomic E-state index is 11.7. The zero-order valence-corrected chi connectivity index (χ0v) is 10.4. The summed E-state index contributed by atoms with van der Waals surface area (Å²) in [6.07, 6.45) is 0. The number of carbonyl (C=O) groups excluding carboxylic acids is 2. The highest BCUT2D eigenvalue weighted by molar-refractivity contribution is 7.89. The fourth-order valence-electron chi connectivity index (χ4n) is 1.14. The molecule has 0 fully saturated rings. The Hall–Kier alpha value is -1.93. The van der Waals surface area contributed by atoms with Crippen molar-refractivity contribution in [2.45, 2.75) is 4.90 Å². The van der Waals surface area contributed by atoms with E-state index in [1.807, 2.05) is 4.72 Å². The van der Waals surface area contributed by atoms with Crippen LogP contribution in [0.3, 0.4) is 0 Å². The summed E-state index contributed by atoms with van der Waals surface area (Å²) in [5.74, 6) is -1.35. The predicted molar refractivity (Wildman–Crippen MR) is 62.2 cm³/mol. The highest BCUT2D eigenvalue weighted by Crippen LogP contribution is 2.10. The Kier molecular flexibility index (Phi) is 4.40. The molecule has 1 aromatic carbocycles. The monoisotopic (exact) mass is 272 g/mol. The first kappa shape index (κ1) is 14.1. The van der Waals surface area contributed by atoms with E-state index in [9.17, 15) is 18.0 Å². The van der Waals surface area contributed by atoms with Gasteiger partial charge in [0.2, 0.25) is 15.9 Å². The van der Waals surface area contributed by atoms with E-state index in [2.05, 4.69) is 4.74 Å². The number of carbonyl (C=O) groups is 2. The summed E-state index contributed by atoms with van der Waals surface area (Å²) in [5, 5.41) is 0. The molecule has 0 aliphatic rings. The third-order valence-corrected chi connectivity index (χ3v) is 3.44. The summed E-state index contributed by atoms with van der Waals surface area (Å²) in [5.41, 5.74) is 5.06. The van der Waals surface area contributed by atoms with Crippen LogP contribution in [0.25, 0.3) is 0 Å². The molecule has 0 spiro atoms. The zero-order valence-electron chi connectivity index (χ0n) is 9.54. The van der Waals surface area contributed by atoms with Crippen molar-refractivity contribution in [2.24, 2.45) is 5.73 Å². The molecular formula is C10H12N2O5S. The van der Waals surface area contributed by atoms with Gasteiger partial charge in [0.1, 0.15) is 0 Å². The van der Waals surface area contributed by atoms with Gasteiger partial charge in [0.15, 0.2) is 0 Å². The number of benzene rings is 1. The number of sulfonamides is 1. The topological polar surface area (TPSA) is 116 Å². The van der Waals surface area contributed by atoms with E-state index in [1.54, 1.807) is 0 Å². The second kappa shape index (κ2) is 5.61. The van der Waals surface area contributed by atoms with Crippen LogP contribution >= 0.6 is 0 Å². The van der Waals surface area contributed by atoms with Crippen molar-refractivity contribution in [1.82, 2.24) is 4.72 Å². The van der Waals surface area contributed by atoms with Gasteiger partial charge in [-0.1, -0.05) is 0 Å². The van der Waals surface area contributed by atoms with Gasteiger partial charge in [0.25, 0.3) is 0 Å². The van der Waals surface area contributed by atoms with Gasteiger partial charge < -0.3 is 10.5 Å². The molecule has 7 nitrogen and oxygen atoms in total. The molecule has 0 heterocycles. The third kappa shape index (κ3) is 3.54. The van der Waals surface area contributed by atoms with Crippen molar-refractivity contribution in [3.05, 3.63) is 29.8 Å². The molecule has 0 atom stereocenters. The number of hydrogen-bond acceptors (Lipinski definition) is 5. The summed E-state index contributed by atoms with van der Waals surface area (Å²) in [6.45, 7) is -0.485. The average molecular weight is 272 g/mol. The Morgan fingerprint density at radius 3 is 2.28 bits per heavy atom. The maximum atomic E-state index is 11.7. The Morgan fingerprint density at radius 1 is 1.28 bits per heavy atom. The molecule has 0 saturated carbocycles. The van der Waals surface area contributed by atoms with Gasteiger partial charge in [-0.05, 0) is 24.3 Å². The minimum atomic E-state index is -3.81. The first-order valence-electron chi connectivity index (χ1n) is 4.83. The van der Waals surface area contributed by atoms with Crippen LogP contribution in [0.1, 0.15) is 10.4 Å². The van der Waals surface area contributed by atoms with Crippen LogP contribution in [-0.2, 0) is 19.6 Å². The van der Waals surface area contributed by atoms with Crippen LogP contribution in [0.2, 0.25) is 0 Å². The van der Waals surface area contributed by atoms with Crippen LogP contribution in [0.4, 0.5) is 0 Å². The Bertz CT molecular complexity index is 550. The second-order valence-corrected chi connectivity index (χ2v) is 5.07. The van der Waals surface area contributed by atoms with E-state index >= 15 is 0 Å². The standard InChI is InChI=1S/C10H12N2O5S/c1-17-10(14)7-2-4-8(5-3-7)18(15,16)12-6-9(11)13/h2-5,12H,6H2,1H3,(H2,11,13).